The molecule has 0 aromatic carbocycles. The summed E-state index contributed by atoms with van der Waals surface area (Å²) >= 11 is 0. The number of esters is 1. The fourth-order valence-corrected chi connectivity index (χ4v) is 7.67. The minimum atomic E-state index is -0.130. The van der Waals surface area contributed by atoms with Gasteiger partial charge < -0.3 is 4.74 Å². The van der Waals surface area contributed by atoms with Crippen LogP contribution in [0.1, 0.15) is 79.1 Å². The summed E-state index contributed by atoms with van der Waals surface area (Å²) in [6.07, 6.45) is 11.7. The molecule has 7 atom stereocenters. The molecule has 3 saturated carbocycles. The third-order valence-corrected chi connectivity index (χ3v) is 8.91. The van der Waals surface area contributed by atoms with E-state index in [0.29, 0.717) is 17.3 Å². The highest BCUT2D eigenvalue weighted by molar-refractivity contribution is 5.95. The van der Waals surface area contributed by atoms with Crippen LogP contribution in [0.15, 0.2) is 11.6 Å². The van der Waals surface area contributed by atoms with Crippen LogP contribution in [0.4, 0.5) is 0 Å². The normalized spacial score (nSPS) is 47.2. The van der Waals surface area contributed by atoms with Crippen LogP contribution < -0.4 is 0 Å². The van der Waals surface area contributed by atoms with Gasteiger partial charge in [-0.15, -0.1) is 0 Å². The molecule has 0 saturated heterocycles. The zero-order valence-corrected chi connectivity index (χ0v) is 16.8. The lowest BCUT2D eigenvalue weighted by Crippen LogP contribution is -2.54. The summed E-state index contributed by atoms with van der Waals surface area (Å²) < 4.78 is 5.56. The number of Topliss-reactive ketones (excluding diaryl/α,β-unsaturated/α-hetero) is 1. The highest BCUT2D eigenvalue weighted by Crippen LogP contribution is 2.66. The van der Waals surface area contributed by atoms with Gasteiger partial charge in [-0.2, -0.15) is 0 Å². The van der Waals surface area contributed by atoms with Gasteiger partial charge in [0, 0.05) is 6.92 Å². The summed E-state index contributed by atoms with van der Waals surface area (Å²) in [7, 11) is 0. The lowest BCUT2D eigenvalue weighted by atomic mass is 9.44. The Morgan fingerprint density at radius 3 is 2.50 bits per heavy atom. The van der Waals surface area contributed by atoms with E-state index in [9.17, 15) is 9.59 Å². The Bertz CT molecular complexity index is 650. The van der Waals surface area contributed by atoms with Gasteiger partial charge in [-0.05, 0) is 98.4 Å². The number of ketones is 1. The van der Waals surface area contributed by atoms with E-state index in [0.717, 1.165) is 36.7 Å². The Labute approximate surface area is 157 Å². The number of allylic oxidation sites excluding steroid dienone is 2. The molecule has 0 unspecified atom stereocenters. The van der Waals surface area contributed by atoms with Gasteiger partial charge in [0.2, 0.25) is 0 Å². The van der Waals surface area contributed by atoms with Gasteiger partial charge in [0.1, 0.15) is 6.10 Å². The SMILES string of the molecule is CC(=O)O[C@H]1CC[C@@]2(C)[C@H](CC[C@@H]3[C@@H]2CC[C@]2(C)C(C(C)=O)=CC[C@@H]32)C1. The largest absolute Gasteiger partial charge is 0.463 e. The summed E-state index contributed by atoms with van der Waals surface area (Å²) in [6.45, 7) is 8.17. The molecule has 4 aliphatic rings. The standard InChI is InChI=1S/C23H34O3/c1-14(24)19-7-8-20-18-6-5-16-13-17(26-15(2)25)9-11-22(16,3)21(18)10-12-23(19,20)4/h7,16-18,20-21H,5-6,8-13H2,1-4H3/t16-,17+,18+,20+,21+,22+,23-/m1/s1. The van der Waals surface area contributed by atoms with Crippen molar-refractivity contribution in [2.45, 2.75) is 85.2 Å². The van der Waals surface area contributed by atoms with Crippen molar-refractivity contribution in [1.29, 1.82) is 0 Å². The van der Waals surface area contributed by atoms with Gasteiger partial charge in [-0.3, -0.25) is 9.59 Å². The van der Waals surface area contributed by atoms with E-state index in [4.69, 9.17) is 4.74 Å². The smallest absolute Gasteiger partial charge is 0.302 e. The second kappa shape index (κ2) is 6.21. The van der Waals surface area contributed by atoms with Crippen LogP contribution in [-0.2, 0) is 14.3 Å². The third-order valence-electron chi connectivity index (χ3n) is 8.91. The molecule has 3 fully saturated rings. The van der Waals surface area contributed by atoms with Gasteiger partial charge in [0.25, 0.3) is 0 Å². The lowest BCUT2D eigenvalue weighted by Gasteiger charge is -2.60. The first kappa shape index (κ1) is 18.3. The van der Waals surface area contributed by atoms with Crippen molar-refractivity contribution < 1.29 is 14.3 Å². The van der Waals surface area contributed by atoms with E-state index in [-0.39, 0.29) is 23.3 Å². The molecule has 26 heavy (non-hydrogen) atoms. The summed E-state index contributed by atoms with van der Waals surface area (Å²) in [5, 5.41) is 0. The first-order chi connectivity index (χ1) is 12.3. The molecule has 0 bridgehead atoms. The van der Waals surface area contributed by atoms with E-state index in [1.807, 2.05) is 0 Å². The van der Waals surface area contributed by atoms with E-state index in [2.05, 4.69) is 19.9 Å². The Kier molecular flexibility index (Phi) is 4.36. The summed E-state index contributed by atoms with van der Waals surface area (Å²) in [4.78, 5) is 23.5. The lowest BCUT2D eigenvalue weighted by molar-refractivity contribution is -0.159. The van der Waals surface area contributed by atoms with Crippen LogP contribution in [0.25, 0.3) is 0 Å². The molecular weight excluding hydrogens is 324 g/mol. The molecule has 0 aliphatic heterocycles. The second-order valence-corrected chi connectivity index (χ2v) is 10.0. The summed E-state index contributed by atoms with van der Waals surface area (Å²) in [6, 6.07) is 0. The van der Waals surface area contributed by atoms with E-state index in [1.165, 1.54) is 39.0 Å². The summed E-state index contributed by atoms with van der Waals surface area (Å²) in [5.74, 6) is 3.03. The fraction of sp³-hybridized carbons (Fsp3) is 0.826. The number of carbonyl (C=O) groups is 2. The van der Waals surface area contributed by atoms with Gasteiger partial charge in [-0.25, -0.2) is 0 Å². The predicted octanol–water partition coefficient (Wildman–Crippen LogP) is 5.09. The maximum Gasteiger partial charge on any atom is 0.302 e. The highest BCUT2D eigenvalue weighted by Gasteiger charge is 2.59. The average molecular weight is 359 g/mol. The predicted molar refractivity (Wildman–Crippen MR) is 101 cm³/mol. The Morgan fingerprint density at radius 1 is 1.04 bits per heavy atom. The van der Waals surface area contributed by atoms with E-state index < -0.39 is 0 Å². The minimum absolute atomic E-state index is 0.116. The number of hydrogen-bond acceptors (Lipinski definition) is 3. The minimum Gasteiger partial charge on any atom is -0.463 e. The number of rotatable bonds is 2. The number of hydrogen-bond donors (Lipinski definition) is 0. The zero-order chi connectivity index (χ0) is 18.7. The topological polar surface area (TPSA) is 43.4 Å². The molecule has 144 valence electrons. The first-order valence-corrected chi connectivity index (χ1v) is 10.6. The molecule has 0 aromatic rings. The molecule has 0 radical (unpaired) electrons. The molecule has 0 N–H and O–H groups in total. The highest BCUT2D eigenvalue weighted by atomic mass is 16.5. The van der Waals surface area contributed by atoms with E-state index >= 15 is 0 Å². The maximum absolute atomic E-state index is 12.2. The number of fused-ring (bicyclic) bond motifs is 5. The second-order valence-electron chi connectivity index (χ2n) is 10.0. The monoisotopic (exact) mass is 358 g/mol. The van der Waals surface area contributed by atoms with Crippen LogP contribution in [0.2, 0.25) is 0 Å². The third kappa shape index (κ3) is 2.60. The molecule has 4 aliphatic carbocycles. The molecule has 0 amide bonds. The van der Waals surface area contributed by atoms with Crippen LogP contribution in [0.5, 0.6) is 0 Å². The summed E-state index contributed by atoms with van der Waals surface area (Å²) in [5.41, 5.74) is 1.62. The van der Waals surface area contributed by atoms with Crippen LogP contribution in [0.3, 0.4) is 0 Å². The molecule has 3 nitrogen and oxygen atoms in total. The van der Waals surface area contributed by atoms with Gasteiger partial charge in [0.05, 0.1) is 0 Å². The molecule has 0 spiro atoms. The van der Waals surface area contributed by atoms with Crippen molar-refractivity contribution in [2.75, 3.05) is 0 Å². The van der Waals surface area contributed by atoms with Crippen molar-refractivity contribution in [3.8, 4) is 0 Å². The van der Waals surface area contributed by atoms with E-state index in [1.54, 1.807) is 6.92 Å². The quantitative estimate of drug-likeness (QED) is 0.646. The van der Waals surface area contributed by atoms with Gasteiger partial charge in [-0.1, -0.05) is 19.9 Å². The fourth-order valence-electron chi connectivity index (χ4n) is 7.67. The molecule has 3 heteroatoms. The Hall–Kier alpha value is -1.12. The molecule has 0 aromatic heterocycles. The maximum atomic E-state index is 12.2. The molecule has 0 heterocycles. The van der Waals surface area contributed by atoms with Crippen molar-refractivity contribution in [3.63, 3.8) is 0 Å². The number of carbonyl (C=O) groups excluding carboxylic acids is 2. The molecular formula is C23H34O3. The van der Waals surface area contributed by atoms with Crippen molar-refractivity contribution >= 4 is 11.8 Å². The van der Waals surface area contributed by atoms with Crippen molar-refractivity contribution in [3.05, 3.63) is 11.6 Å². The van der Waals surface area contributed by atoms with Gasteiger partial charge >= 0.3 is 5.97 Å². The Morgan fingerprint density at radius 2 is 1.81 bits per heavy atom. The average Bonchev–Trinajstić information content (AvgIpc) is 2.92. The number of ether oxygens (including phenoxy) is 1. The van der Waals surface area contributed by atoms with Crippen molar-refractivity contribution in [1.82, 2.24) is 0 Å². The van der Waals surface area contributed by atoms with Crippen molar-refractivity contribution in [2.24, 2.45) is 34.5 Å². The van der Waals surface area contributed by atoms with Crippen LogP contribution >= 0.6 is 0 Å². The Balaban J connectivity index is 1.54. The molecule has 4 rings (SSSR count). The van der Waals surface area contributed by atoms with Crippen LogP contribution in [0, 0.1) is 34.5 Å². The van der Waals surface area contributed by atoms with Gasteiger partial charge in [0.15, 0.2) is 5.78 Å². The zero-order valence-electron chi connectivity index (χ0n) is 16.8. The first-order valence-electron chi connectivity index (χ1n) is 10.6. The van der Waals surface area contributed by atoms with Crippen LogP contribution in [-0.4, -0.2) is 17.9 Å².